The van der Waals surface area contributed by atoms with Crippen LogP contribution in [-0.2, 0) is 19.4 Å². The van der Waals surface area contributed by atoms with Crippen LogP contribution in [-0.4, -0.2) is 53.4 Å². The molecule has 0 radical (unpaired) electrons. The molecule has 2 aliphatic rings. The fourth-order valence-electron chi connectivity index (χ4n) is 3.02. The molecule has 2 atom stereocenters. The van der Waals surface area contributed by atoms with Crippen molar-refractivity contribution in [2.45, 2.75) is 31.1 Å². The lowest BCUT2D eigenvalue weighted by Crippen LogP contribution is -2.37. The molecule has 0 spiro atoms. The summed E-state index contributed by atoms with van der Waals surface area (Å²) in [5, 5.41) is 8.96. The first-order valence-electron chi connectivity index (χ1n) is 7.92. The highest BCUT2D eigenvalue weighted by Gasteiger charge is 2.49. The number of rotatable bonds is 4. The molecule has 1 aromatic rings. The van der Waals surface area contributed by atoms with Crippen LogP contribution in [0.4, 0.5) is 5.69 Å². The predicted octanol–water partition coefficient (Wildman–Crippen LogP) is 2.22. The van der Waals surface area contributed by atoms with Crippen LogP contribution in [0.25, 0.3) is 0 Å². The Morgan fingerprint density at radius 1 is 1.35 bits per heavy atom. The van der Waals surface area contributed by atoms with Crippen LogP contribution < -0.4 is 4.90 Å². The number of carboxylic acid groups (broad SMARTS) is 1. The van der Waals surface area contributed by atoms with Gasteiger partial charge in [-0.2, -0.15) is 4.99 Å². The Morgan fingerprint density at radius 2 is 2.08 bits per heavy atom. The molecule has 2 aliphatic heterocycles. The summed E-state index contributed by atoms with van der Waals surface area (Å²) in [6.07, 6.45) is -0.459. The molecular weight excluding hydrogens is 444 g/mol. The van der Waals surface area contributed by atoms with Crippen molar-refractivity contribution >= 4 is 60.3 Å². The zero-order valence-electron chi connectivity index (χ0n) is 13.9. The van der Waals surface area contributed by atoms with Crippen molar-refractivity contribution in [3.63, 3.8) is 0 Å². The van der Waals surface area contributed by atoms with Crippen LogP contribution in [0.5, 0.6) is 0 Å². The van der Waals surface area contributed by atoms with Crippen LogP contribution >= 0.6 is 27.7 Å². The van der Waals surface area contributed by atoms with E-state index in [1.165, 1.54) is 11.8 Å². The van der Waals surface area contributed by atoms with E-state index in [9.17, 15) is 18.0 Å². The molecule has 0 aromatic heterocycles. The van der Waals surface area contributed by atoms with Crippen molar-refractivity contribution in [2.75, 3.05) is 16.4 Å². The number of nitrogens with zero attached hydrogens (tertiary/aromatic N) is 2. The third-order valence-corrected chi connectivity index (χ3v) is 8.36. The summed E-state index contributed by atoms with van der Waals surface area (Å²) in [4.78, 5) is 28.6. The van der Waals surface area contributed by atoms with Gasteiger partial charge in [-0.25, -0.2) is 8.42 Å². The van der Waals surface area contributed by atoms with E-state index in [4.69, 9.17) is 5.11 Å². The normalized spacial score (nSPS) is 25.5. The second-order valence-electron chi connectivity index (χ2n) is 6.29. The average molecular weight is 461 g/mol. The maximum atomic E-state index is 12.0. The summed E-state index contributed by atoms with van der Waals surface area (Å²) < 4.78 is 25.0. The number of carboxylic acids is 1. The molecule has 2 fully saturated rings. The molecular formula is C16H17BrN2O5S2. The Bertz CT molecular complexity index is 900. The van der Waals surface area contributed by atoms with Gasteiger partial charge >= 0.3 is 5.97 Å². The van der Waals surface area contributed by atoms with Crippen molar-refractivity contribution in [3.8, 4) is 0 Å². The van der Waals surface area contributed by atoms with Gasteiger partial charge in [0.2, 0.25) is 5.91 Å². The predicted molar refractivity (Wildman–Crippen MR) is 104 cm³/mol. The molecule has 1 N–H and O–H groups in total. The second kappa shape index (κ2) is 7.32. The van der Waals surface area contributed by atoms with Gasteiger partial charge in [-0.1, -0.05) is 27.7 Å². The van der Waals surface area contributed by atoms with E-state index in [0.717, 1.165) is 15.7 Å². The van der Waals surface area contributed by atoms with Gasteiger partial charge in [0.1, 0.15) is 0 Å². The summed E-state index contributed by atoms with van der Waals surface area (Å²) in [6.45, 7) is 1.93. The SMILES string of the molecule is Cc1cc(N2C(=NC(=O)CCC(=O)O)S[C@H]3CS(=O)(=O)C[C@@H]32)ccc1Br. The number of carbonyl (C=O) groups is 2. The Morgan fingerprint density at radius 3 is 2.73 bits per heavy atom. The van der Waals surface area contributed by atoms with Crippen molar-refractivity contribution in [1.82, 2.24) is 0 Å². The highest BCUT2D eigenvalue weighted by molar-refractivity contribution is 9.10. The Labute approximate surface area is 163 Å². The largest absolute Gasteiger partial charge is 0.481 e. The molecule has 0 bridgehead atoms. The van der Waals surface area contributed by atoms with Gasteiger partial charge in [0.25, 0.3) is 0 Å². The molecule has 2 heterocycles. The molecule has 26 heavy (non-hydrogen) atoms. The smallest absolute Gasteiger partial charge is 0.303 e. The van der Waals surface area contributed by atoms with Gasteiger partial charge in [-0.15, -0.1) is 0 Å². The number of hydrogen-bond donors (Lipinski definition) is 1. The maximum Gasteiger partial charge on any atom is 0.303 e. The lowest BCUT2D eigenvalue weighted by atomic mass is 10.1. The average Bonchev–Trinajstić information content (AvgIpc) is 2.99. The first-order valence-corrected chi connectivity index (χ1v) is 11.4. The fourth-order valence-corrected chi connectivity index (χ4v) is 7.20. The summed E-state index contributed by atoms with van der Waals surface area (Å²) in [5.41, 5.74) is 1.75. The van der Waals surface area contributed by atoms with Crippen LogP contribution in [0.3, 0.4) is 0 Å². The van der Waals surface area contributed by atoms with E-state index >= 15 is 0 Å². The number of anilines is 1. The number of carbonyl (C=O) groups excluding carboxylic acids is 1. The summed E-state index contributed by atoms with van der Waals surface area (Å²) in [7, 11) is -3.13. The molecule has 0 saturated carbocycles. The van der Waals surface area contributed by atoms with Crippen LogP contribution in [0.15, 0.2) is 27.7 Å². The highest BCUT2D eigenvalue weighted by Crippen LogP contribution is 2.41. The number of fused-ring (bicyclic) bond motifs is 1. The second-order valence-corrected chi connectivity index (χ2v) is 10.5. The van der Waals surface area contributed by atoms with E-state index in [2.05, 4.69) is 20.9 Å². The summed E-state index contributed by atoms with van der Waals surface area (Å²) >= 11 is 4.72. The number of halogens is 1. The van der Waals surface area contributed by atoms with Crippen LogP contribution in [0, 0.1) is 6.92 Å². The van der Waals surface area contributed by atoms with Gasteiger partial charge in [0.15, 0.2) is 15.0 Å². The zero-order valence-corrected chi connectivity index (χ0v) is 17.1. The highest BCUT2D eigenvalue weighted by atomic mass is 79.9. The van der Waals surface area contributed by atoms with E-state index in [0.29, 0.717) is 5.17 Å². The molecule has 1 aromatic carbocycles. The first kappa shape index (κ1) is 19.4. The lowest BCUT2D eigenvalue weighted by molar-refractivity contribution is -0.138. The Kier molecular flexibility index (Phi) is 5.45. The Balaban J connectivity index is 1.94. The molecule has 2 saturated heterocycles. The molecule has 1 amide bonds. The molecule has 140 valence electrons. The number of aryl methyl sites for hydroxylation is 1. The number of sulfone groups is 1. The lowest BCUT2D eigenvalue weighted by Gasteiger charge is -2.25. The van der Waals surface area contributed by atoms with Gasteiger partial charge in [-0.3, -0.25) is 9.59 Å². The fraction of sp³-hybridized carbons (Fsp3) is 0.438. The number of thioether (sulfide) groups is 1. The molecule has 0 aliphatic carbocycles. The van der Waals surface area contributed by atoms with E-state index in [-0.39, 0.29) is 35.6 Å². The number of amidine groups is 1. The third kappa shape index (κ3) is 4.12. The van der Waals surface area contributed by atoms with Gasteiger partial charge in [-0.05, 0) is 30.7 Å². The summed E-state index contributed by atoms with van der Waals surface area (Å²) in [6, 6.07) is 5.35. The number of hydrogen-bond acceptors (Lipinski definition) is 5. The van der Waals surface area contributed by atoms with Gasteiger partial charge in [0.05, 0.1) is 24.0 Å². The zero-order chi connectivity index (χ0) is 19.1. The number of aliphatic carboxylic acids is 1. The standard InChI is InChI=1S/C16H17BrN2O5S2/c1-9-6-10(2-3-11(9)17)19-12-7-26(23,24)8-13(12)25-16(19)18-14(20)4-5-15(21)22/h2-3,6,12-13H,4-5,7-8H2,1H3,(H,21,22)/t12-,13-/m0/s1. The summed E-state index contributed by atoms with van der Waals surface area (Å²) in [5.74, 6) is -1.50. The minimum absolute atomic E-state index is 0.0160. The number of amides is 1. The maximum absolute atomic E-state index is 12.0. The van der Waals surface area contributed by atoms with E-state index < -0.39 is 21.7 Å². The van der Waals surface area contributed by atoms with E-state index in [1.54, 1.807) is 4.90 Å². The monoisotopic (exact) mass is 460 g/mol. The van der Waals surface area contributed by atoms with Crippen molar-refractivity contribution < 1.29 is 23.1 Å². The number of aliphatic imine (C=N–C) groups is 1. The quantitative estimate of drug-likeness (QED) is 0.733. The third-order valence-electron chi connectivity index (χ3n) is 4.26. The van der Waals surface area contributed by atoms with Crippen molar-refractivity contribution in [1.29, 1.82) is 0 Å². The van der Waals surface area contributed by atoms with Gasteiger partial charge < -0.3 is 10.0 Å². The topological polar surface area (TPSA) is 104 Å². The van der Waals surface area contributed by atoms with Crippen LogP contribution in [0.1, 0.15) is 18.4 Å². The van der Waals surface area contributed by atoms with Crippen molar-refractivity contribution in [2.24, 2.45) is 4.99 Å². The van der Waals surface area contributed by atoms with E-state index in [1.807, 2.05) is 25.1 Å². The van der Waals surface area contributed by atoms with Crippen LogP contribution in [0.2, 0.25) is 0 Å². The number of benzene rings is 1. The molecule has 3 rings (SSSR count). The minimum atomic E-state index is -3.13. The minimum Gasteiger partial charge on any atom is -0.481 e. The molecule has 7 nitrogen and oxygen atoms in total. The van der Waals surface area contributed by atoms with Crippen molar-refractivity contribution in [3.05, 3.63) is 28.2 Å². The first-order chi connectivity index (χ1) is 12.2. The molecule has 0 unspecified atom stereocenters. The molecule has 10 heteroatoms. The van der Waals surface area contributed by atoms with Gasteiger partial charge in [0, 0.05) is 21.8 Å². The Hall–Kier alpha value is -1.39.